The van der Waals surface area contributed by atoms with Crippen molar-refractivity contribution in [2.45, 2.75) is 19.4 Å². The van der Waals surface area contributed by atoms with Gasteiger partial charge in [0.25, 0.3) is 0 Å². The van der Waals surface area contributed by atoms with Gasteiger partial charge in [0.2, 0.25) is 5.88 Å². The average Bonchev–Trinajstić information content (AvgIpc) is 2.24. The molecule has 6 heteroatoms. The summed E-state index contributed by atoms with van der Waals surface area (Å²) >= 11 is 0. The van der Waals surface area contributed by atoms with Gasteiger partial charge >= 0.3 is 0 Å². The van der Waals surface area contributed by atoms with Gasteiger partial charge in [0.05, 0.1) is 12.7 Å². The molecular formula is C12H22N4O2. The predicted octanol–water partition coefficient (Wildman–Crippen LogP) is 0.518. The van der Waals surface area contributed by atoms with Crippen LogP contribution in [-0.4, -0.2) is 59.9 Å². The number of rotatable bonds is 6. The quantitative estimate of drug-likeness (QED) is 0.771. The van der Waals surface area contributed by atoms with Gasteiger partial charge in [-0.25, -0.2) is 4.98 Å². The number of nitrogens with one attached hydrogen (secondary N) is 1. The first-order chi connectivity index (χ1) is 8.32. The Morgan fingerprint density at radius 2 is 2.11 bits per heavy atom. The van der Waals surface area contributed by atoms with Crippen molar-refractivity contribution in [2.75, 3.05) is 39.6 Å². The molecule has 0 aliphatic rings. The van der Waals surface area contributed by atoms with Crippen molar-refractivity contribution >= 4 is 5.82 Å². The molecule has 6 nitrogen and oxygen atoms in total. The van der Waals surface area contributed by atoms with Crippen LogP contribution >= 0.6 is 0 Å². The van der Waals surface area contributed by atoms with Crippen molar-refractivity contribution in [2.24, 2.45) is 0 Å². The van der Waals surface area contributed by atoms with Gasteiger partial charge in [-0.1, -0.05) is 0 Å². The summed E-state index contributed by atoms with van der Waals surface area (Å²) in [5.74, 6) is 1.79. The lowest BCUT2D eigenvalue weighted by atomic mass is 10.1. The minimum atomic E-state index is -0.824. The first-order valence-corrected chi connectivity index (χ1v) is 5.83. The maximum Gasteiger partial charge on any atom is 0.218 e. The van der Waals surface area contributed by atoms with Crippen molar-refractivity contribution in [3.05, 3.63) is 11.9 Å². The molecule has 0 saturated heterocycles. The van der Waals surface area contributed by atoms with E-state index in [-0.39, 0.29) is 0 Å². The zero-order valence-corrected chi connectivity index (χ0v) is 11.7. The Hall–Kier alpha value is -1.40. The lowest BCUT2D eigenvalue weighted by Gasteiger charge is -2.27. The molecule has 18 heavy (non-hydrogen) atoms. The van der Waals surface area contributed by atoms with Crippen LogP contribution in [0.15, 0.2) is 6.07 Å². The zero-order chi connectivity index (χ0) is 13.8. The molecule has 0 amide bonds. The summed E-state index contributed by atoms with van der Waals surface area (Å²) in [7, 11) is 5.41. The van der Waals surface area contributed by atoms with E-state index in [0.717, 1.165) is 0 Å². The summed E-state index contributed by atoms with van der Waals surface area (Å²) in [4.78, 5) is 10.3. The van der Waals surface area contributed by atoms with E-state index in [1.165, 1.54) is 0 Å². The Balaban J connectivity index is 2.65. The van der Waals surface area contributed by atoms with Gasteiger partial charge in [0.15, 0.2) is 0 Å². The fourth-order valence-electron chi connectivity index (χ4n) is 1.75. The second-order valence-electron chi connectivity index (χ2n) is 4.93. The number of hydrogen-bond acceptors (Lipinski definition) is 6. The highest BCUT2D eigenvalue weighted by molar-refractivity contribution is 5.38. The highest BCUT2D eigenvalue weighted by Gasteiger charge is 2.21. The number of nitrogens with zero attached hydrogens (tertiary/aromatic N) is 3. The lowest BCUT2D eigenvalue weighted by Crippen LogP contribution is -2.43. The maximum atomic E-state index is 10.2. The summed E-state index contributed by atoms with van der Waals surface area (Å²) in [5, 5.41) is 13.3. The Bertz CT molecular complexity index is 394. The number of aromatic nitrogens is 2. The number of aryl methyl sites for hydroxylation is 1. The predicted molar refractivity (Wildman–Crippen MR) is 71.0 cm³/mol. The molecular weight excluding hydrogens is 232 g/mol. The number of likely N-dealkylation sites (N-methyl/N-ethyl adjacent to an activating group) is 1. The third-order valence-corrected chi connectivity index (χ3v) is 2.33. The van der Waals surface area contributed by atoms with Crippen molar-refractivity contribution in [1.29, 1.82) is 0 Å². The molecule has 2 N–H and O–H groups in total. The molecule has 0 saturated carbocycles. The summed E-state index contributed by atoms with van der Waals surface area (Å²) < 4.78 is 5.07. The smallest absolute Gasteiger partial charge is 0.218 e. The molecule has 1 unspecified atom stereocenters. The molecule has 0 fully saturated rings. The summed E-state index contributed by atoms with van der Waals surface area (Å²) in [6.07, 6.45) is 0. The van der Waals surface area contributed by atoms with Gasteiger partial charge in [-0.05, 0) is 27.9 Å². The second-order valence-corrected chi connectivity index (χ2v) is 4.93. The highest BCUT2D eigenvalue weighted by atomic mass is 16.5. The minimum absolute atomic E-state index is 0.408. The fraction of sp³-hybridized carbons (Fsp3) is 0.667. The van der Waals surface area contributed by atoms with Crippen molar-refractivity contribution in [3.63, 3.8) is 0 Å². The van der Waals surface area contributed by atoms with Crippen LogP contribution in [0.4, 0.5) is 5.82 Å². The molecule has 0 bridgehead atoms. The Morgan fingerprint density at radius 3 is 2.67 bits per heavy atom. The number of hydrogen-bond donors (Lipinski definition) is 2. The van der Waals surface area contributed by atoms with Crippen molar-refractivity contribution in [3.8, 4) is 5.88 Å². The highest BCUT2D eigenvalue weighted by Crippen LogP contribution is 2.14. The van der Waals surface area contributed by atoms with E-state index in [1.54, 1.807) is 27.0 Å². The molecule has 0 aliphatic heterocycles. The summed E-state index contributed by atoms with van der Waals surface area (Å²) in [5.41, 5.74) is -0.824. The normalized spacial score (nSPS) is 14.4. The van der Waals surface area contributed by atoms with Crippen LogP contribution in [0.25, 0.3) is 0 Å². The van der Waals surface area contributed by atoms with Gasteiger partial charge < -0.3 is 20.1 Å². The van der Waals surface area contributed by atoms with Crippen molar-refractivity contribution in [1.82, 2.24) is 14.9 Å². The summed E-state index contributed by atoms with van der Waals surface area (Å²) in [6, 6.07) is 1.71. The molecule has 1 aromatic heterocycles. The number of anilines is 1. The zero-order valence-electron chi connectivity index (χ0n) is 11.7. The second kappa shape index (κ2) is 5.97. The number of aliphatic hydroxyl groups is 1. The Kier molecular flexibility index (Phi) is 4.86. The first kappa shape index (κ1) is 14.7. The molecule has 1 atom stereocenters. The van der Waals surface area contributed by atoms with E-state index < -0.39 is 5.60 Å². The molecule has 1 heterocycles. The third-order valence-electron chi connectivity index (χ3n) is 2.33. The molecule has 1 aromatic rings. The average molecular weight is 254 g/mol. The monoisotopic (exact) mass is 254 g/mol. The van der Waals surface area contributed by atoms with Gasteiger partial charge in [0.1, 0.15) is 11.6 Å². The standard InChI is InChI=1S/C12H22N4O2/c1-9-14-10(6-11(15-9)18-5)13-7-12(2,17)8-16(3)4/h6,17H,7-8H2,1-5H3,(H,13,14,15). The van der Waals surface area contributed by atoms with Gasteiger partial charge in [-0.15, -0.1) is 0 Å². The van der Waals surface area contributed by atoms with Crippen LogP contribution < -0.4 is 10.1 Å². The van der Waals surface area contributed by atoms with Crippen LogP contribution in [0.3, 0.4) is 0 Å². The van der Waals surface area contributed by atoms with E-state index in [9.17, 15) is 5.11 Å². The van der Waals surface area contributed by atoms with Crippen LogP contribution in [-0.2, 0) is 0 Å². The van der Waals surface area contributed by atoms with E-state index in [0.29, 0.717) is 30.6 Å². The lowest BCUT2D eigenvalue weighted by molar-refractivity contribution is 0.0459. The van der Waals surface area contributed by atoms with Crippen LogP contribution in [0.2, 0.25) is 0 Å². The largest absolute Gasteiger partial charge is 0.481 e. The van der Waals surface area contributed by atoms with Crippen LogP contribution in [0.5, 0.6) is 5.88 Å². The molecule has 0 aliphatic carbocycles. The Labute approximate surface area is 108 Å². The minimum Gasteiger partial charge on any atom is -0.481 e. The summed E-state index contributed by atoms with van der Waals surface area (Å²) in [6.45, 7) is 4.56. The van der Waals surface area contributed by atoms with Crippen LogP contribution in [0, 0.1) is 6.92 Å². The van der Waals surface area contributed by atoms with Gasteiger partial charge in [-0.3, -0.25) is 0 Å². The van der Waals surface area contributed by atoms with Crippen molar-refractivity contribution < 1.29 is 9.84 Å². The Morgan fingerprint density at radius 1 is 1.44 bits per heavy atom. The van der Waals surface area contributed by atoms with E-state index >= 15 is 0 Å². The first-order valence-electron chi connectivity index (χ1n) is 5.83. The van der Waals surface area contributed by atoms with E-state index in [1.807, 2.05) is 19.0 Å². The number of methoxy groups -OCH3 is 1. The third kappa shape index (κ3) is 4.85. The van der Waals surface area contributed by atoms with E-state index in [2.05, 4.69) is 15.3 Å². The number of ether oxygens (including phenoxy) is 1. The SMILES string of the molecule is COc1cc(NCC(C)(O)CN(C)C)nc(C)n1. The molecule has 0 aromatic carbocycles. The fourth-order valence-corrected chi connectivity index (χ4v) is 1.75. The topological polar surface area (TPSA) is 70.5 Å². The van der Waals surface area contributed by atoms with Gasteiger partial charge in [0, 0.05) is 19.2 Å². The van der Waals surface area contributed by atoms with Gasteiger partial charge in [-0.2, -0.15) is 4.98 Å². The van der Waals surface area contributed by atoms with E-state index in [4.69, 9.17) is 4.74 Å². The molecule has 0 spiro atoms. The molecule has 102 valence electrons. The molecule has 0 radical (unpaired) electrons. The molecule has 1 rings (SSSR count). The van der Waals surface area contributed by atoms with Crippen LogP contribution in [0.1, 0.15) is 12.7 Å². The maximum absolute atomic E-state index is 10.2.